The van der Waals surface area contributed by atoms with Crippen molar-refractivity contribution in [2.45, 2.75) is 26.3 Å². The molecule has 0 saturated heterocycles. The van der Waals surface area contributed by atoms with Gasteiger partial charge in [0.1, 0.15) is 17.8 Å². The molecular formula is C16H17N5O. The fraction of sp³-hybridized carbons (Fsp3) is 0.250. The Balaban J connectivity index is 2.21. The highest BCUT2D eigenvalue weighted by Gasteiger charge is 2.23. The van der Waals surface area contributed by atoms with Crippen LogP contribution in [0, 0.1) is 0 Å². The number of nitrogens with two attached hydrogens (primary N) is 1. The molecule has 2 N–H and O–H groups in total. The van der Waals surface area contributed by atoms with Gasteiger partial charge in [0.2, 0.25) is 0 Å². The first kappa shape index (κ1) is 14.2. The lowest BCUT2D eigenvalue weighted by molar-refractivity contribution is 0.104. The van der Waals surface area contributed by atoms with Crippen LogP contribution in [-0.4, -0.2) is 25.3 Å². The van der Waals surface area contributed by atoms with Crippen LogP contribution in [0.3, 0.4) is 0 Å². The number of hydrogen-bond donors (Lipinski definition) is 1. The number of carbonyl (C=O) groups is 1. The summed E-state index contributed by atoms with van der Waals surface area (Å²) in [6, 6.07) is 3.23. The van der Waals surface area contributed by atoms with Gasteiger partial charge in [0.05, 0.1) is 5.56 Å². The predicted molar refractivity (Wildman–Crippen MR) is 84.6 cm³/mol. The fourth-order valence-corrected chi connectivity index (χ4v) is 2.40. The van der Waals surface area contributed by atoms with Crippen LogP contribution < -0.4 is 5.73 Å². The molecule has 0 aliphatic rings. The van der Waals surface area contributed by atoms with E-state index in [1.165, 1.54) is 12.5 Å². The Kier molecular flexibility index (Phi) is 3.16. The van der Waals surface area contributed by atoms with Crippen molar-refractivity contribution in [3.8, 4) is 0 Å². The fourth-order valence-electron chi connectivity index (χ4n) is 2.40. The summed E-state index contributed by atoms with van der Waals surface area (Å²) in [4.78, 5) is 25.1. The lowest BCUT2D eigenvalue weighted by atomic mass is 10.1. The highest BCUT2D eigenvalue weighted by atomic mass is 16.1. The van der Waals surface area contributed by atoms with Gasteiger partial charge in [-0.25, -0.2) is 15.0 Å². The number of anilines is 1. The Bertz CT molecular complexity index is 860. The van der Waals surface area contributed by atoms with Crippen molar-refractivity contribution >= 4 is 22.6 Å². The Morgan fingerprint density at radius 1 is 1.27 bits per heavy atom. The molecule has 0 fully saturated rings. The standard InChI is InChI=1S/C16H17N5O/c1-16(2,3)21-8-12(11-7-18-9-20-15(11)21)14(22)10-4-5-19-13(17)6-10/h4-9H,1-3H3,(H2,17,19). The predicted octanol–water partition coefficient (Wildman–Crippen LogP) is 2.39. The molecule has 0 aromatic carbocycles. The molecule has 6 heteroatoms. The van der Waals surface area contributed by atoms with Crippen LogP contribution in [0.5, 0.6) is 0 Å². The van der Waals surface area contributed by atoms with Gasteiger partial charge in [-0.05, 0) is 32.9 Å². The lowest BCUT2D eigenvalue weighted by Gasteiger charge is -2.21. The van der Waals surface area contributed by atoms with Crippen LogP contribution in [0.15, 0.2) is 37.1 Å². The first-order valence-corrected chi connectivity index (χ1v) is 6.95. The van der Waals surface area contributed by atoms with Crippen molar-refractivity contribution in [2.24, 2.45) is 0 Å². The molecule has 0 bridgehead atoms. The third-order valence-electron chi connectivity index (χ3n) is 3.48. The molecule has 0 radical (unpaired) electrons. The van der Waals surface area contributed by atoms with Gasteiger partial charge >= 0.3 is 0 Å². The van der Waals surface area contributed by atoms with E-state index in [9.17, 15) is 4.79 Å². The number of ketones is 1. The minimum atomic E-state index is -0.192. The minimum absolute atomic E-state index is 0.114. The summed E-state index contributed by atoms with van der Waals surface area (Å²) in [7, 11) is 0. The molecule has 0 aliphatic carbocycles. The van der Waals surface area contributed by atoms with Gasteiger partial charge in [0, 0.05) is 35.1 Å². The minimum Gasteiger partial charge on any atom is -0.384 e. The van der Waals surface area contributed by atoms with E-state index in [1.54, 1.807) is 18.3 Å². The molecule has 3 aromatic heterocycles. The van der Waals surface area contributed by atoms with Crippen molar-refractivity contribution < 1.29 is 4.79 Å². The van der Waals surface area contributed by atoms with Crippen LogP contribution in [0.1, 0.15) is 36.7 Å². The molecule has 0 amide bonds. The molecule has 22 heavy (non-hydrogen) atoms. The number of carbonyl (C=O) groups excluding carboxylic acids is 1. The zero-order valence-electron chi connectivity index (χ0n) is 12.7. The molecule has 0 atom stereocenters. The average molecular weight is 295 g/mol. The van der Waals surface area contributed by atoms with E-state index in [0.29, 0.717) is 16.9 Å². The van der Waals surface area contributed by atoms with Crippen molar-refractivity contribution in [3.63, 3.8) is 0 Å². The van der Waals surface area contributed by atoms with E-state index in [-0.39, 0.29) is 11.3 Å². The van der Waals surface area contributed by atoms with E-state index < -0.39 is 0 Å². The third kappa shape index (κ3) is 2.32. The largest absolute Gasteiger partial charge is 0.384 e. The van der Waals surface area contributed by atoms with Crippen molar-refractivity contribution in [1.29, 1.82) is 0 Å². The zero-order valence-corrected chi connectivity index (χ0v) is 12.7. The normalized spacial score (nSPS) is 11.8. The van der Waals surface area contributed by atoms with Gasteiger partial charge in [-0.2, -0.15) is 0 Å². The van der Waals surface area contributed by atoms with E-state index >= 15 is 0 Å². The highest BCUT2D eigenvalue weighted by molar-refractivity contribution is 6.16. The smallest absolute Gasteiger partial charge is 0.195 e. The molecule has 0 unspecified atom stereocenters. The Labute approximate surface area is 128 Å². The molecule has 3 heterocycles. The van der Waals surface area contributed by atoms with E-state index in [0.717, 1.165) is 11.0 Å². The van der Waals surface area contributed by atoms with Crippen LogP contribution >= 0.6 is 0 Å². The van der Waals surface area contributed by atoms with Crippen molar-refractivity contribution in [2.75, 3.05) is 5.73 Å². The van der Waals surface area contributed by atoms with Gasteiger partial charge in [-0.3, -0.25) is 4.79 Å². The van der Waals surface area contributed by atoms with Crippen molar-refractivity contribution in [3.05, 3.63) is 48.2 Å². The monoisotopic (exact) mass is 295 g/mol. The quantitative estimate of drug-likeness (QED) is 0.733. The molecular weight excluding hydrogens is 278 g/mol. The first-order valence-electron chi connectivity index (χ1n) is 6.95. The summed E-state index contributed by atoms with van der Waals surface area (Å²) in [6.45, 7) is 6.19. The first-order chi connectivity index (χ1) is 10.4. The Hall–Kier alpha value is -2.76. The van der Waals surface area contributed by atoms with Gasteiger partial charge in [-0.1, -0.05) is 0 Å². The number of pyridine rings is 1. The molecule has 3 rings (SSSR count). The second-order valence-electron chi connectivity index (χ2n) is 6.14. The Morgan fingerprint density at radius 2 is 2.05 bits per heavy atom. The SMILES string of the molecule is CC(C)(C)n1cc(C(=O)c2ccnc(N)c2)c2cncnc21. The lowest BCUT2D eigenvalue weighted by Crippen LogP contribution is -2.21. The average Bonchev–Trinajstić information content (AvgIpc) is 2.86. The summed E-state index contributed by atoms with van der Waals surface area (Å²) in [5.74, 6) is 0.207. The van der Waals surface area contributed by atoms with E-state index in [2.05, 4.69) is 35.7 Å². The highest BCUT2D eigenvalue weighted by Crippen LogP contribution is 2.27. The third-order valence-corrected chi connectivity index (χ3v) is 3.48. The van der Waals surface area contributed by atoms with Gasteiger partial charge in [0.25, 0.3) is 0 Å². The van der Waals surface area contributed by atoms with Gasteiger partial charge < -0.3 is 10.3 Å². The van der Waals surface area contributed by atoms with E-state index in [4.69, 9.17) is 5.73 Å². The summed E-state index contributed by atoms with van der Waals surface area (Å²) in [5.41, 5.74) is 7.29. The van der Waals surface area contributed by atoms with Gasteiger partial charge in [-0.15, -0.1) is 0 Å². The molecule has 6 nitrogen and oxygen atoms in total. The number of hydrogen-bond acceptors (Lipinski definition) is 5. The van der Waals surface area contributed by atoms with Crippen LogP contribution in [0.25, 0.3) is 11.0 Å². The molecule has 0 saturated carbocycles. The zero-order chi connectivity index (χ0) is 15.9. The number of rotatable bonds is 2. The van der Waals surface area contributed by atoms with E-state index in [1.807, 2.05) is 10.8 Å². The summed E-state index contributed by atoms with van der Waals surface area (Å²) < 4.78 is 1.99. The maximum atomic E-state index is 12.8. The molecule has 3 aromatic rings. The number of fused-ring (bicyclic) bond motifs is 1. The van der Waals surface area contributed by atoms with Crippen LogP contribution in [0.2, 0.25) is 0 Å². The van der Waals surface area contributed by atoms with Gasteiger partial charge in [0.15, 0.2) is 5.78 Å². The Morgan fingerprint density at radius 3 is 2.73 bits per heavy atom. The molecule has 112 valence electrons. The van der Waals surface area contributed by atoms with Crippen molar-refractivity contribution in [1.82, 2.24) is 19.5 Å². The number of nitrogen functional groups attached to an aromatic ring is 1. The number of aromatic nitrogens is 4. The second-order valence-corrected chi connectivity index (χ2v) is 6.14. The second kappa shape index (κ2) is 4.91. The molecule has 0 spiro atoms. The van der Waals surface area contributed by atoms with Crippen LogP contribution in [0.4, 0.5) is 5.82 Å². The topological polar surface area (TPSA) is 86.7 Å². The number of nitrogens with zero attached hydrogens (tertiary/aromatic N) is 4. The summed E-state index contributed by atoms with van der Waals surface area (Å²) in [6.07, 6.45) is 6.52. The maximum Gasteiger partial charge on any atom is 0.195 e. The molecule has 0 aliphatic heterocycles. The summed E-state index contributed by atoms with van der Waals surface area (Å²) in [5, 5.41) is 0.734. The maximum absolute atomic E-state index is 12.8. The summed E-state index contributed by atoms with van der Waals surface area (Å²) >= 11 is 0. The van der Waals surface area contributed by atoms with Crippen LogP contribution in [-0.2, 0) is 5.54 Å².